The zero-order chi connectivity index (χ0) is 13.2. The van der Waals surface area contributed by atoms with Crippen molar-refractivity contribution >= 4 is 0 Å². The molecule has 0 heterocycles. The van der Waals surface area contributed by atoms with Gasteiger partial charge in [0.25, 0.3) is 0 Å². The van der Waals surface area contributed by atoms with Crippen molar-refractivity contribution in [2.45, 2.75) is 77.7 Å². The Hall–Kier alpha value is -0.0800. The van der Waals surface area contributed by atoms with Crippen molar-refractivity contribution in [3.63, 3.8) is 0 Å². The first kappa shape index (κ1) is 16.0. The van der Waals surface area contributed by atoms with Crippen LogP contribution in [0.5, 0.6) is 0 Å². The Kier molecular flexibility index (Phi) is 8.70. The molecular formula is C16H33NO. The van der Waals surface area contributed by atoms with Gasteiger partial charge in [-0.05, 0) is 37.6 Å². The van der Waals surface area contributed by atoms with E-state index >= 15 is 0 Å². The fourth-order valence-corrected chi connectivity index (χ4v) is 2.98. The Labute approximate surface area is 114 Å². The Balaban J connectivity index is 2.05. The van der Waals surface area contributed by atoms with Gasteiger partial charge in [0.05, 0.1) is 6.10 Å². The summed E-state index contributed by atoms with van der Waals surface area (Å²) in [6.07, 6.45) is 12.3. The molecule has 0 spiro atoms. The minimum atomic E-state index is 0.439. The smallest absolute Gasteiger partial charge is 0.0617 e. The van der Waals surface area contributed by atoms with E-state index in [0.717, 1.165) is 19.1 Å². The van der Waals surface area contributed by atoms with Gasteiger partial charge in [-0.3, -0.25) is 0 Å². The van der Waals surface area contributed by atoms with Crippen LogP contribution in [0.4, 0.5) is 0 Å². The highest BCUT2D eigenvalue weighted by atomic mass is 16.5. The lowest BCUT2D eigenvalue weighted by Crippen LogP contribution is -2.36. The summed E-state index contributed by atoms with van der Waals surface area (Å²) in [5, 5.41) is 0. The Morgan fingerprint density at radius 1 is 1.06 bits per heavy atom. The molecule has 2 N–H and O–H groups in total. The van der Waals surface area contributed by atoms with E-state index in [1.54, 1.807) is 0 Å². The van der Waals surface area contributed by atoms with E-state index in [2.05, 4.69) is 13.8 Å². The molecule has 1 aliphatic rings. The molecule has 3 atom stereocenters. The van der Waals surface area contributed by atoms with Crippen molar-refractivity contribution < 1.29 is 4.74 Å². The van der Waals surface area contributed by atoms with Crippen LogP contribution in [0.2, 0.25) is 0 Å². The second-order valence-corrected chi connectivity index (χ2v) is 6.09. The SMILES string of the molecule is CCCCCCCCOC1CC(C)CCC1CN. The number of unbranched alkanes of at least 4 members (excludes halogenated alkanes) is 5. The van der Waals surface area contributed by atoms with Crippen LogP contribution < -0.4 is 5.73 Å². The Morgan fingerprint density at radius 2 is 1.78 bits per heavy atom. The zero-order valence-corrected chi connectivity index (χ0v) is 12.5. The van der Waals surface area contributed by atoms with Gasteiger partial charge in [-0.25, -0.2) is 0 Å². The highest BCUT2D eigenvalue weighted by molar-refractivity contribution is 4.79. The molecule has 0 aromatic carbocycles. The van der Waals surface area contributed by atoms with Crippen LogP contribution >= 0.6 is 0 Å². The molecule has 2 nitrogen and oxygen atoms in total. The first-order valence-corrected chi connectivity index (χ1v) is 8.09. The van der Waals surface area contributed by atoms with Crippen LogP contribution in [-0.4, -0.2) is 19.3 Å². The van der Waals surface area contributed by atoms with Gasteiger partial charge >= 0.3 is 0 Å². The highest BCUT2D eigenvalue weighted by Crippen LogP contribution is 2.30. The molecule has 0 saturated heterocycles. The normalized spacial score (nSPS) is 28.5. The van der Waals surface area contributed by atoms with Crippen molar-refractivity contribution in [2.75, 3.05) is 13.2 Å². The van der Waals surface area contributed by atoms with Gasteiger partial charge in [0.15, 0.2) is 0 Å². The lowest BCUT2D eigenvalue weighted by Gasteiger charge is -2.34. The minimum Gasteiger partial charge on any atom is -0.378 e. The van der Waals surface area contributed by atoms with Crippen LogP contribution in [0, 0.1) is 11.8 Å². The average Bonchev–Trinajstić information content (AvgIpc) is 2.38. The highest BCUT2D eigenvalue weighted by Gasteiger charge is 2.27. The first-order valence-electron chi connectivity index (χ1n) is 8.09. The molecule has 2 heteroatoms. The number of rotatable bonds is 9. The van der Waals surface area contributed by atoms with Gasteiger partial charge < -0.3 is 10.5 Å². The van der Waals surface area contributed by atoms with Crippen molar-refractivity contribution in [2.24, 2.45) is 17.6 Å². The number of hydrogen-bond donors (Lipinski definition) is 1. The van der Waals surface area contributed by atoms with Crippen LogP contribution in [0.15, 0.2) is 0 Å². The quantitative estimate of drug-likeness (QED) is 0.629. The maximum atomic E-state index is 6.08. The fourth-order valence-electron chi connectivity index (χ4n) is 2.98. The fraction of sp³-hybridized carbons (Fsp3) is 1.00. The molecule has 0 bridgehead atoms. The van der Waals surface area contributed by atoms with Gasteiger partial charge in [0, 0.05) is 6.61 Å². The lowest BCUT2D eigenvalue weighted by molar-refractivity contribution is -0.0222. The summed E-state index contributed by atoms with van der Waals surface area (Å²) >= 11 is 0. The van der Waals surface area contributed by atoms with Crippen molar-refractivity contribution in [3.8, 4) is 0 Å². The average molecular weight is 255 g/mol. The molecule has 0 aromatic rings. The summed E-state index contributed by atoms with van der Waals surface area (Å²) in [4.78, 5) is 0. The summed E-state index contributed by atoms with van der Waals surface area (Å²) in [5.41, 5.74) is 5.84. The molecule has 1 fully saturated rings. The van der Waals surface area contributed by atoms with Gasteiger partial charge in [-0.15, -0.1) is 0 Å². The Morgan fingerprint density at radius 3 is 2.50 bits per heavy atom. The molecule has 0 aliphatic heterocycles. The molecule has 0 amide bonds. The maximum Gasteiger partial charge on any atom is 0.0617 e. The largest absolute Gasteiger partial charge is 0.378 e. The van der Waals surface area contributed by atoms with E-state index < -0.39 is 0 Å². The van der Waals surface area contributed by atoms with Gasteiger partial charge in [0.2, 0.25) is 0 Å². The summed E-state index contributed by atoms with van der Waals surface area (Å²) in [6, 6.07) is 0. The number of hydrogen-bond acceptors (Lipinski definition) is 2. The number of nitrogens with two attached hydrogens (primary N) is 1. The predicted molar refractivity (Wildman–Crippen MR) is 78.7 cm³/mol. The van der Waals surface area contributed by atoms with E-state index in [-0.39, 0.29) is 0 Å². The van der Waals surface area contributed by atoms with Gasteiger partial charge in [-0.1, -0.05) is 52.4 Å². The zero-order valence-electron chi connectivity index (χ0n) is 12.5. The molecule has 3 unspecified atom stereocenters. The van der Waals surface area contributed by atoms with Crippen LogP contribution in [-0.2, 0) is 4.74 Å². The topological polar surface area (TPSA) is 35.2 Å². The monoisotopic (exact) mass is 255 g/mol. The minimum absolute atomic E-state index is 0.439. The number of ether oxygens (including phenoxy) is 1. The predicted octanol–water partition coefficient (Wildman–Crippen LogP) is 4.13. The summed E-state index contributed by atoms with van der Waals surface area (Å²) in [6.45, 7) is 6.35. The molecule has 1 saturated carbocycles. The third-order valence-electron chi connectivity index (χ3n) is 4.32. The van der Waals surface area contributed by atoms with Crippen molar-refractivity contribution in [1.82, 2.24) is 0 Å². The maximum absolute atomic E-state index is 6.08. The van der Waals surface area contributed by atoms with E-state index in [9.17, 15) is 0 Å². The van der Waals surface area contributed by atoms with E-state index in [1.165, 1.54) is 57.8 Å². The molecule has 108 valence electrons. The Bertz CT molecular complexity index is 196. The van der Waals surface area contributed by atoms with E-state index in [1.807, 2.05) is 0 Å². The van der Waals surface area contributed by atoms with Crippen LogP contribution in [0.3, 0.4) is 0 Å². The first-order chi connectivity index (χ1) is 8.77. The van der Waals surface area contributed by atoms with Crippen LogP contribution in [0.1, 0.15) is 71.6 Å². The standard InChI is InChI=1S/C16H33NO/c1-3-4-5-6-7-8-11-18-16-12-14(2)9-10-15(16)13-17/h14-16H,3-13,17H2,1-2H3. The molecule has 0 aromatic heterocycles. The second-order valence-electron chi connectivity index (χ2n) is 6.09. The molecule has 1 rings (SSSR count). The second kappa shape index (κ2) is 9.80. The summed E-state index contributed by atoms with van der Waals surface area (Å²) in [7, 11) is 0. The summed E-state index contributed by atoms with van der Waals surface area (Å²) < 4.78 is 6.08. The third kappa shape index (κ3) is 6.19. The van der Waals surface area contributed by atoms with Crippen molar-refractivity contribution in [1.29, 1.82) is 0 Å². The molecule has 0 radical (unpaired) electrons. The van der Waals surface area contributed by atoms with Crippen LogP contribution in [0.25, 0.3) is 0 Å². The molecule has 1 aliphatic carbocycles. The lowest BCUT2D eigenvalue weighted by atomic mass is 9.80. The molecular weight excluding hydrogens is 222 g/mol. The van der Waals surface area contributed by atoms with Gasteiger partial charge in [0.1, 0.15) is 0 Å². The third-order valence-corrected chi connectivity index (χ3v) is 4.32. The molecule has 18 heavy (non-hydrogen) atoms. The summed E-state index contributed by atoms with van der Waals surface area (Å²) in [5.74, 6) is 1.43. The van der Waals surface area contributed by atoms with E-state index in [0.29, 0.717) is 12.0 Å². The van der Waals surface area contributed by atoms with Crippen molar-refractivity contribution in [3.05, 3.63) is 0 Å². The van der Waals surface area contributed by atoms with E-state index in [4.69, 9.17) is 10.5 Å². The van der Waals surface area contributed by atoms with Gasteiger partial charge in [-0.2, -0.15) is 0 Å².